The second-order valence-electron chi connectivity index (χ2n) is 6.52. The Bertz CT molecular complexity index is 692. The Balaban J connectivity index is 1.51. The van der Waals surface area contributed by atoms with E-state index in [1.807, 2.05) is 29.6 Å². The van der Waals surface area contributed by atoms with Gasteiger partial charge in [0.15, 0.2) is 0 Å². The number of hydrogen-bond acceptors (Lipinski definition) is 4. The molecule has 132 valence electrons. The molecule has 0 spiro atoms. The number of thioether (sulfide) groups is 2. The third-order valence-corrected chi connectivity index (χ3v) is 6.37. The summed E-state index contributed by atoms with van der Waals surface area (Å²) in [5, 5.41) is 0. The van der Waals surface area contributed by atoms with E-state index in [-0.39, 0.29) is 0 Å². The lowest BCUT2D eigenvalue weighted by Crippen LogP contribution is -2.31. The Morgan fingerprint density at radius 2 is 1.44 bits per heavy atom. The van der Waals surface area contributed by atoms with Crippen molar-refractivity contribution in [2.75, 3.05) is 23.5 Å². The molecule has 0 atom stereocenters. The molecular weight excluding hydrogens is 344 g/mol. The lowest BCUT2D eigenvalue weighted by molar-refractivity contribution is 0.341. The first-order valence-electron chi connectivity index (χ1n) is 8.60. The fraction of sp³-hybridized carbons (Fsp3) is 0.333. The van der Waals surface area contributed by atoms with E-state index in [0.29, 0.717) is 0 Å². The van der Waals surface area contributed by atoms with Crippen LogP contribution < -0.4 is 0 Å². The standard InChI is InChI=1S/C21H26N2S2/c1-3-19-7-5-9-21(11-19)13-23-16-24-14-22(15-25-17-23)12-20-8-4-6-18(2)10-20/h3-11H,1,12-17H2,2H3. The number of aryl methyl sites for hydroxylation is 1. The summed E-state index contributed by atoms with van der Waals surface area (Å²) in [6.45, 7) is 8.09. The number of nitrogens with zero attached hydrogens (tertiary/aromatic N) is 2. The average molecular weight is 371 g/mol. The normalized spacial score (nSPS) is 17.0. The van der Waals surface area contributed by atoms with Gasteiger partial charge in [0.25, 0.3) is 0 Å². The van der Waals surface area contributed by atoms with Crippen molar-refractivity contribution < 1.29 is 0 Å². The van der Waals surface area contributed by atoms with E-state index in [1.54, 1.807) is 0 Å². The van der Waals surface area contributed by atoms with E-state index >= 15 is 0 Å². The Kier molecular flexibility index (Phi) is 7.05. The third kappa shape index (κ3) is 5.93. The van der Waals surface area contributed by atoms with Crippen LogP contribution in [0, 0.1) is 6.92 Å². The van der Waals surface area contributed by atoms with Crippen LogP contribution in [-0.4, -0.2) is 33.3 Å². The Morgan fingerprint density at radius 3 is 2.00 bits per heavy atom. The zero-order chi connectivity index (χ0) is 17.5. The second-order valence-corrected chi connectivity index (χ2v) is 8.37. The van der Waals surface area contributed by atoms with Gasteiger partial charge in [-0.15, -0.1) is 23.5 Å². The van der Waals surface area contributed by atoms with Gasteiger partial charge >= 0.3 is 0 Å². The molecule has 2 nitrogen and oxygen atoms in total. The van der Waals surface area contributed by atoms with Gasteiger partial charge < -0.3 is 0 Å². The quantitative estimate of drug-likeness (QED) is 0.708. The fourth-order valence-electron chi connectivity index (χ4n) is 3.00. The summed E-state index contributed by atoms with van der Waals surface area (Å²) in [6.07, 6.45) is 1.92. The van der Waals surface area contributed by atoms with Crippen LogP contribution in [0.4, 0.5) is 0 Å². The molecular formula is C21H26N2S2. The predicted octanol–water partition coefficient (Wildman–Crippen LogP) is 5.25. The van der Waals surface area contributed by atoms with Crippen molar-refractivity contribution in [2.24, 2.45) is 0 Å². The lowest BCUT2D eigenvalue weighted by atomic mass is 10.1. The van der Waals surface area contributed by atoms with E-state index in [1.165, 1.54) is 22.3 Å². The molecule has 1 fully saturated rings. The minimum absolute atomic E-state index is 1.01. The van der Waals surface area contributed by atoms with Gasteiger partial charge in [0.05, 0.1) is 0 Å². The van der Waals surface area contributed by atoms with Crippen LogP contribution in [-0.2, 0) is 13.1 Å². The number of hydrogen-bond donors (Lipinski definition) is 0. The molecule has 0 radical (unpaired) electrons. The van der Waals surface area contributed by atoms with Crippen molar-refractivity contribution in [3.63, 3.8) is 0 Å². The van der Waals surface area contributed by atoms with Gasteiger partial charge in [-0.3, -0.25) is 9.80 Å². The van der Waals surface area contributed by atoms with Crippen LogP contribution in [0.1, 0.15) is 22.3 Å². The van der Waals surface area contributed by atoms with E-state index in [0.717, 1.165) is 36.6 Å². The molecule has 1 aliphatic rings. The lowest BCUT2D eigenvalue weighted by Gasteiger charge is -2.29. The van der Waals surface area contributed by atoms with Crippen molar-refractivity contribution in [3.05, 3.63) is 77.4 Å². The van der Waals surface area contributed by atoms with E-state index in [9.17, 15) is 0 Å². The summed E-state index contributed by atoms with van der Waals surface area (Å²) in [5.41, 5.74) is 5.34. The molecule has 2 aromatic carbocycles. The van der Waals surface area contributed by atoms with E-state index < -0.39 is 0 Å². The minimum atomic E-state index is 1.01. The highest BCUT2D eigenvalue weighted by atomic mass is 32.2. The summed E-state index contributed by atoms with van der Waals surface area (Å²) < 4.78 is 0. The van der Waals surface area contributed by atoms with Crippen molar-refractivity contribution in [1.82, 2.24) is 9.80 Å². The zero-order valence-electron chi connectivity index (χ0n) is 14.9. The first-order valence-corrected chi connectivity index (χ1v) is 10.9. The molecule has 0 aliphatic carbocycles. The molecule has 4 heteroatoms. The molecule has 25 heavy (non-hydrogen) atoms. The Labute approximate surface area is 160 Å². The summed E-state index contributed by atoms with van der Waals surface area (Å²) in [4.78, 5) is 5.07. The van der Waals surface area contributed by atoms with Gasteiger partial charge in [0, 0.05) is 36.6 Å². The molecule has 3 rings (SSSR count). The highest BCUT2D eigenvalue weighted by Gasteiger charge is 2.14. The average Bonchev–Trinajstić information content (AvgIpc) is 2.59. The third-order valence-electron chi connectivity index (χ3n) is 4.18. The van der Waals surface area contributed by atoms with Crippen LogP contribution in [0.15, 0.2) is 55.1 Å². The van der Waals surface area contributed by atoms with Crippen LogP contribution in [0.25, 0.3) is 6.08 Å². The number of rotatable bonds is 5. The molecule has 1 aliphatic heterocycles. The highest BCUT2D eigenvalue weighted by molar-refractivity contribution is 8.00. The largest absolute Gasteiger partial charge is 0.281 e. The summed E-state index contributed by atoms with van der Waals surface area (Å²) in [5.74, 6) is 4.33. The molecule has 1 heterocycles. The van der Waals surface area contributed by atoms with Gasteiger partial charge in [-0.25, -0.2) is 0 Å². The molecule has 0 saturated carbocycles. The van der Waals surface area contributed by atoms with Crippen molar-refractivity contribution in [1.29, 1.82) is 0 Å². The maximum Gasteiger partial charge on any atom is 0.0469 e. The predicted molar refractivity (Wildman–Crippen MR) is 113 cm³/mol. The number of benzene rings is 2. The van der Waals surface area contributed by atoms with Crippen molar-refractivity contribution >= 4 is 29.6 Å². The SMILES string of the molecule is C=Cc1cccc(CN2CSCN(Cc3cccc(C)c3)CSC2)c1. The molecule has 0 bridgehead atoms. The summed E-state index contributed by atoms with van der Waals surface area (Å²) in [7, 11) is 0. The van der Waals surface area contributed by atoms with Crippen LogP contribution >= 0.6 is 23.5 Å². The Hall–Kier alpha value is -1.20. The van der Waals surface area contributed by atoms with Crippen LogP contribution in [0.5, 0.6) is 0 Å². The monoisotopic (exact) mass is 370 g/mol. The van der Waals surface area contributed by atoms with Gasteiger partial charge in [0.2, 0.25) is 0 Å². The van der Waals surface area contributed by atoms with Gasteiger partial charge in [-0.1, -0.05) is 66.7 Å². The van der Waals surface area contributed by atoms with Gasteiger partial charge in [0.1, 0.15) is 0 Å². The molecule has 0 N–H and O–H groups in total. The second kappa shape index (κ2) is 9.48. The van der Waals surface area contributed by atoms with Crippen molar-refractivity contribution in [2.45, 2.75) is 20.0 Å². The zero-order valence-corrected chi connectivity index (χ0v) is 16.5. The first kappa shape index (κ1) is 18.6. The minimum Gasteiger partial charge on any atom is -0.281 e. The molecule has 1 saturated heterocycles. The van der Waals surface area contributed by atoms with Gasteiger partial charge in [-0.05, 0) is 23.6 Å². The maximum absolute atomic E-state index is 3.87. The van der Waals surface area contributed by atoms with Crippen molar-refractivity contribution in [3.8, 4) is 0 Å². The molecule has 0 unspecified atom stereocenters. The van der Waals surface area contributed by atoms with Gasteiger partial charge in [-0.2, -0.15) is 0 Å². The van der Waals surface area contributed by atoms with E-state index in [2.05, 4.69) is 71.8 Å². The topological polar surface area (TPSA) is 6.48 Å². The Morgan fingerprint density at radius 1 is 0.880 bits per heavy atom. The van der Waals surface area contributed by atoms with Crippen LogP contribution in [0.2, 0.25) is 0 Å². The smallest absolute Gasteiger partial charge is 0.0469 e. The van der Waals surface area contributed by atoms with Crippen LogP contribution in [0.3, 0.4) is 0 Å². The molecule has 2 aromatic rings. The fourth-order valence-corrected chi connectivity index (χ4v) is 5.16. The highest BCUT2D eigenvalue weighted by Crippen LogP contribution is 2.22. The first-order chi connectivity index (χ1) is 12.2. The van der Waals surface area contributed by atoms with E-state index in [4.69, 9.17) is 0 Å². The molecule has 0 amide bonds. The maximum atomic E-state index is 3.87. The summed E-state index contributed by atoms with van der Waals surface area (Å²) >= 11 is 4.03. The summed E-state index contributed by atoms with van der Waals surface area (Å²) in [6, 6.07) is 17.5. The molecule has 0 aromatic heterocycles.